The van der Waals surface area contributed by atoms with E-state index in [0.717, 1.165) is 12.1 Å². The van der Waals surface area contributed by atoms with Gasteiger partial charge in [0.1, 0.15) is 11.4 Å². The number of likely N-dealkylation sites (tertiary alicyclic amines) is 1. The number of nitrogens with one attached hydrogen (secondary N) is 1. The van der Waals surface area contributed by atoms with Crippen molar-refractivity contribution < 1.29 is 14.3 Å². The molecule has 1 N–H and O–H groups in total. The van der Waals surface area contributed by atoms with Crippen molar-refractivity contribution in [3.05, 3.63) is 98.3 Å². The lowest BCUT2D eigenvalue weighted by Gasteiger charge is -2.43. The van der Waals surface area contributed by atoms with Crippen LogP contribution in [-0.2, 0) is 11.3 Å². The van der Waals surface area contributed by atoms with Crippen LogP contribution in [0.4, 0.5) is 0 Å². The quantitative estimate of drug-likeness (QED) is 0.493. The molecule has 3 aromatic rings. The molecule has 184 valence electrons. The molecule has 1 saturated heterocycles. The Morgan fingerprint density at radius 3 is 2.75 bits per heavy atom. The fourth-order valence-corrected chi connectivity index (χ4v) is 5.42. The maximum absolute atomic E-state index is 13.9. The molecule has 0 unspecified atom stereocenters. The number of hydrogen-bond donors (Lipinski definition) is 1. The van der Waals surface area contributed by atoms with Crippen molar-refractivity contribution in [3.63, 3.8) is 0 Å². The van der Waals surface area contributed by atoms with Crippen LogP contribution in [0.15, 0.2) is 75.9 Å². The van der Waals surface area contributed by atoms with Crippen LogP contribution < -0.4 is 15.6 Å². The second-order valence-corrected chi connectivity index (χ2v) is 9.97. The van der Waals surface area contributed by atoms with Gasteiger partial charge in [-0.3, -0.25) is 19.4 Å². The van der Waals surface area contributed by atoms with Crippen molar-refractivity contribution in [3.8, 4) is 5.75 Å². The first kappa shape index (κ1) is 24.0. The minimum Gasteiger partial charge on any atom is -0.496 e. The zero-order chi connectivity index (χ0) is 25.2. The fourth-order valence-electron chi connectivity index (χ4n) is 5.06. The number of amides is 2. The fraction of sp³-hybridized carbons (Fsp3) is 0.259. The standard InChI is InChI=1S/C27H25BrN4O4/c1-36-24-7-3-2-5-18(24)11-22(30-26(34)19-10-21(28)13-29-12-19)27(35)31-14-17-9-20(16-31)23-6-4-8-25(33)32(23)15-17/h2-8,10-13,17,20H,9,14-16H2,1H3,(H,30,34)/b22-11-/t17-,20+/m1/s1. The number of carbonyl (C=O) groups is 2. The Bertz CT molecular complexity index is 1420. The lowest BCUT2D eigenvalue weighted by Crippen LogP contribution is -2.50. The SMILES string of the molecule is COc1ccccc1/C=C(\NC(=O)c1cncc(Br)c1)C(=O)N1C[C@H]2C[C@@H](C1)c1cccc(=O)n1C2. The third kappa shape index (κ3) is 4.83. The first-order valence-electron chi connectivity index (χ1n) is 11.7. The Hall–Kier alpha value is -3.72. The first-order chi connectivity index (χ1) is 17.4. The van der Waals surface area contributed by atoms with Gasteiger partial charge >= 0.3 is 0 Å². The number of ether oxygens (including phenoxy) is 1. The molecule has 0 spiro atoms. The van der Waals surface area contributed by atoms with Crippen LogP contribution in [0.25, 0.3) is 6.08 Å². The predicted octanol–water partition coefficient (Wildman–Crippen LogP) is 3.43. The van der Waals surface area contributed by atoms with Gasteiger partial charge in [-0.1, -0.05) is 24.3 Å². The van der Waals surface area contributed by atoms with E-state index in [1.165, 1.54) is 6.20 Å². The van der Waals surface area contributed by atoms with Crippen LogP contribution in [-0.4, -0.2) is 46.5 Å². The highest BCUT2D eigenvalue weighted by Crippen LogP contribution is 2.35. The number of methoxy groups -OCH3 is 1. The summed E-state index contributed by atoms with van der Waals surface area (Å²) in [6.07, 6.45) is 5.61. The number of piperidine rings is 1. The van der Waals surface area contributed by atoms with Crippen molar-refractivity contribution in [2.45, 2.75) is 18.9 Å². The highest BCUT2D eigenvalue weighted by molar-refractivity contribution is 9.10. The number of halogens is 1. The number of para-hydroxylation sites is 1. The predicted molar refractivity (Wildman–Crippen MR) is 139 cm³/mol. The molecule has 0 radical (unpaired) electrons. The second kappa shape index (κ2) is 10.1. The molecule has 36 heavy (non-hydrogen) atoms. The Labute approximate surface area is 216 Å². The summed E-state index contributed by atoms with van der Waals surface area (Å²) in [5, 5.41) is 2.81. The summed E-state index contributed by atoms with van der Waals surface area (Å²) in [6.45, 7) is 1.56. The van der Waals surface area contributed by atoms with E-state index < -0.39 is 5.91 Å². The largest absolute Gasteiger partial charge is 0.496 e. The highest BCUT2D eigenvalue weighted by atomic mass is 79.9. The third-order valence-electron chi connectivity index (χ3n) is 6.65. The van der Waals surface area contributed by atoms with Gasteiger partial charge in [-0.2, -0.15) is 0 Å². The maximum Gasteiger partial charge on any atom is 0.270 e. The number of fused-ring (bicyclic) bond motifs is 4. The number of pyridine rings is 2. The van der Waals surface area contributed by atoms with Gasteiger partial charge in [0, 0.05) is 59.7 Å². The zero-order valence-electron chi connectivity index (χ0n) is 19.7. The molecule has 0 saturated carbocycles. The topological polar surface area (TPSA) is 93.5 Å². The Morgan fingerprint density at radius 2 is 1.94 bits per heavy atom. The van der Waals surface area contributed by atoms with Gasteiger partial charge in [0.25, 0.3) is 17.4 Å². The molecule has 2 atom stereocenters. The van der Waals surface area contributed by atoms with Crippen LogP contribution in [0.5, 0.6) is 5.75 Å². The number of rotatable bonds is 5. The van der Waals surface area contributed by atoms with Crippen molar-refractivity contribution >= 4 is 33.8 Å². The number of aromatic nitrogens is 2. The molecular formula is C27H25BrN4O4. The molecule has 4 heterocycles. The molecule has 2 aliphatic rings. The summed E-state index contributed by atoms with van der Waals surface area (Å²) < 4.78 is 7.95. The third-order valence-corrected chi connectivity index (χ3v) is 7.09. The molecule has 9 heteroatoms. The number of nitrogens with zero attached hydrogens (tertiary/aromatic N) is 3. The number of carbonyl (C=O) groups excluding carboxylic acids is 2. The lowest BCUT2D eigenvalue weighted by molar-refractivity contribution is -0.130. The monoisotopic (exact) mass is 548 g/mol. The van der Waals surface area contributed by atoms with Crippen LogP contribution >= 0.6 is 15.9 Å². The molecule has 2 aromatic heterocycles. The van der Waals surface area contributed by atoms with Crippen LogP contribution in [0, 0.1) is 5.92 Å². The van der Waals surface area contributed by atoms with Crippen LogP contribution in [0.2, 0.25) is 0 Å². The van der Waals surface area contributed by atoms with E-state index in [1.54, 1.807) is 48.5 Å². The van der Waals surface area contributed by atoms with Crippen molar-refractivity contribution in [2.24, 2.45) is 5.92 Å². The summed E-state index contributed by atoms with van der Waals surface area (Å²) in [5.74, 6) is 0.0988. The van der Waals surface area contributed by atoms with Crippen LogP contribution in [0.1, 0.15) is 34.0 Å². The summed E-state index contributed by atoms with van der Waals surface area (Å²) in [7, 11) is 1.56. The van der Waals surface area contributed by atoms with Gasteiger partial charge in [-0.25, -0.2) is 0 Å². The molecule has 5 rings (SSSR count). The van der Waals surface area contributed by atoms with Gasteiger partial charge in [0.15, 0.2) is 0 Å². The Balaban J connectivity index is 1.47. The summed E-state index contributed by atoms with van der Waals surface area (Å²) >= 11 is 3.33. The Morgan fingerprint density at radius 1 is 1.11 bits per heavy atom. The van der Waals surface area contributed by atoms with E-state index in [2.05, 4.69) is 26.2 Å². The molecule has 8 nitrogen and oxygen atoms in total. The summed E-state index contributed by atoms with van der Waals surface area (Å²) in [5.41, 5.74) is 2.09. The van der Waals surface area contributed by atoms with Gasteiger partial charge < -0.3 is 19.5 Å². The molecule has 1 fully saturated rings. The average Bonchev–Trinajstić information content (AvgIpc) is 2.88. The van der Waals surface area contributed by atoms with Crippen LogP contribution in [0.3, 0.4) is 0 Å². The van der Waals surface area contributed by atoms with E-state index in [9.17, 15) is 14.4 Å². The summed E-state index contributed by atoms with van der Waals surface area (Å²) in [4.78, 5) is 45.1. The van der Waals surface area contributed by atoms with Crippen molar-refractivity contribution in [2.75, 3.05) is 20.2 Å². The van der Waals surface area contributed by atoms with Crippen molar-refractivity contribution in [1.29, 1.82) is 0 Å². The van der Waals surface area contributed by atoms with Gasteiger partial charge in [0.05, 0.1) is 12.7 Å². The van der Waals surface area contributed by atoms with Gasteiger partial charge in [-0.05, 0) is 52.5 Å². The Kier molecular flexibility index (Phi) is 6.73. The molecule has 0 aliphatic carbocycles. The summed E-state index contributed by atoms with van der Waals surface area (Å²) in [6, 6.07) is 14.3. The molecule has 1 aromatic carbocycles. The minimum absolute atomic E-state index is 0.00590. The van der Waals surface area contributed by atoms with E-state index in [-0.39, 0.29) is 29.0 Å². The van der Waals surface area contributed by atoms with E-state index in [4.69, 9.17) is 4.74 Å². The molecular weight excluding hydrogens is 524 g/mol. The molecule has 2 bridgehead atoms. The number of benzene rings is 1. The zero-order valence-corrected chi connectivity index (χ0v) is 21.3. The molecule has 2 aliphatic heterocycles. The number of hydrogen-bond acceptors (Lipinski definition) is 5. The first-order valence-corrected chi connectivity index (χ1v) is 12.5. The van der Waals surface area contributed by atoms with Crippen molar-refractivity contribution in [1.82, 2.24) is 19.8 Å². The van der Waals surface area contributed by atoms with E-state index in [1.807, 2.05) is 28.8 Å². The molecule has 2 amide bonds. The van der Waals surface area contributed by atoms with Gasteiger partial charge in [-0.15, -0.1) is 0 Å². The van der Waals surface area contributed by atoms with Gasteiger partial charge in [0.2, 0.25) is 0 Å². The normalized spacial score (nSPS) is 18.8. The average molecular weight is 549 g/mol. The minimum atomic E-state index is -0.438. The maximum atomic E-state index is 13.9. The van der Waals surface area contributed by atoms with E-state index in [0.29, 0.717) is 41.0 Å². The second-order valence-electron chi connectivity index (χ2n) is 9.05. The lowest BCUT2D eigenvalue weighted by atomic mass is 9.83. The van der Waals surface area contributed by atoms with E-state index >= 15 is 0 Å². The smallest absolute Gasteiger partial charge is 0.270 e. The highest BCUT2D eigenvalue weighted by Gasteiger charge is 2.37.